The summed E-state index contributed by atoms with van der Waals surface area (Å²) in [7, 11) is 0. The summed E-state index contributed by atoms with van der Waals surface area (Å²) in [4.78, 5) is 207. The van der Waals surface area contributed by atoms with E-state index in [9.17, 15) is 95.1 Å². The summed E-state index contributed by atoms with van der Waals surface area (Å²) in [6, 6.07) is 62.4. The maximum atomic E-state index is 13.9. The standard InChI is InChI=1S/4C17H14ClNO4.2C17H14FNO4/c1-10(20)14-7-6-13(18)8-15(14)16(21)19-9-11-2-4-12(5-3-11)17(22)23;1-10(20)15-13(3-2-4-14(15)18)16(21)19-9-11-5-7-12(8-6-11)17(22)23;1-10(20)13-3-2-4-14(18)15(13)16(21)19-9-11-5-7-12(8-6-11)17(22)23;1-10(20)13-4-2-3-5-14(13)16(21)19-9-12-7-6-11(17(22)23)8-15(12)18;1-10(20)15-8-13(18)6-7-14(15)16(21)19-9-11-2-4-12(5-3-11)17(22)23;1-10(20)13-3-2-4-14(18)15(13)16(21)19-9-11-5-7-12(8-6-11)17(22)23/h6*2-8H,9H2,1H3,(H,19,21)(H,22,23). The van der Waals surface area contributed by atoms with Gasteiger partial charge in [0.25, 0.3) is 35.4 Å². The van der Waals surface area contributed by atoms with Crippen molar-refractivity contribution in [2.24, 2.45) is 0 Å². The Bertz CT molecular complexity index is 6480. The molecular weight excluding hydrogens is 1870 g/mol. The van der Waals surface area contributed by atoms with Crippen LogP contribution in [0.15, 0.2) is 255 Å². The van der Waals surface area contributed by atoms with Crippen LogP contribution < -0.4 is 31.9 Å². The third-order valence-corrected chi connectivity index (χ3v) is 20.8. The van der Waals surface area contributed by atoms with Crippen LogP contribution >= 0.6 is 46.4 Å². The van der Waals surface area contributed by atoms with E-state index in [-0.39, 0.29) is 161 Å². The molecule has 0 aliphatic heterocycles. The number of hydrogen-bond donors (Lipinski definition) is 12. The molecule has 12 aromatic carbocycles. The second-order valence-electron chi connectivity index (χ2n) is 29.5. The van der Waals surface area contributed by atoms with Gasteiger partial charge in [0.15, 0.2) is 34.7 Å². The summed E-state index contributed by atoms with van der Waals surface area (Å²) in [6.45, 7) is 9.01. The molecule has 138 heavy (non-hydrogen) atoms. The molecule has 6 amide bonds. The molecule has 0 unspecified atom stereocenters. The Morgan fingerprint density at radius 2 is 0.522 bits per heavy atom. The van der Waals surface area contributed by atoms with E-state index in [1.807, 2.05) is 0 Å². The van der Waals surface area contributed by atoms with Crippen molar-refractivity contribution in [1.29, 1.82) is 0 Å². The largest absolute Gasteiger partial charge is 0.478 e. The summed E-state index contributed by atoms with van der Waals surface area (Å²) in [6.07, 6.45) is 0. The fourth-order valence-electron chi connectivity index (χ4n) is 12.5. The van der Waals surface area contributed by atoms with Crippen molar-refractivity contribution in [3.8, 4) is 0 Å². The van der Waals surface area contributed by atoms with E-state index in [2.05, 4.69) is 31.9 Å². The minimum absolute atomic E-state index is 0.0173. The van der Waals surface area contributed by atoms with Crippen LogP contribution in [0.3, 0.4) is 0 Å². The number of benzene rings is 12. The number of carboxylic acid groups (broad SMARTS) is 6. The number of halogens is 6. The summed E-state index contributed by atoms with van der Waals surface area (Å²) < 4.78 is 27.0. The number of rotatable bonds is 30. The Kier molecular flexibility index (Phi) is 40.9. The second kappa shape index (κ2) is 52.1. The highest BCUT2D eigenvalue weighted by atomic mass is 35.5. The first-order valence-electron chi connectivity index (χ1n) is 40.8. The van der Waals surface area contributed by atoms with Crippen molar-refractivity contribution in [3.63, 3.8) is 0 Å². The van der Waals surface area contributed by atoms with E-state index in [0.29, 0.717) is 38.4 Å². The van der Waals surface area contributed by atoms with Gasteiger partial charge in [0, 0.05) is 82.7 Å². The van der Waals surface area contributed by atoms with E-state index in [1.54, 1.807) is 127 Å². The summed E-state index contributed by atoms with van der Waals surface area (Å²) in [5, 5.41) is 70.0. The van der Waals surface area contributed by atoms with Crippen molar-refractivity contribution >= 4 is 152 Å². The van der Waals surface area contributed by atoms with E-state index in [0.717, 1.165) is 34.9 Å². The van der Waals surface area contributed by atoms with Crippen molar-refractivity contribution in [2.45, 2.75) is 80.8 Å². The highest BCUT2D eigenvalue weighted by Crippen LogP contribution is 2.26. The number of carbonyl (C=O) groups excluding carboxylic acids is 12. The van der Waals surface area contributed by atoms with E-state index >= 15 is 0 Å². The van der Waals surface area contributed by atoms with Gasteiger partial charge in [0.2, 0.25) is 0 Å². The van der Waals surface area contributed by atoms with Gasteiger partial charge in [0.1, 0.15) is 11.6 Å². The minimum Gasteiger partial charge on any atom is -0.478 e. The Morgan fingerprint density at radius 3 is 0.891 bits per heavy atom. The van der Waals surface area contributed by atoms with Gasteiger partial charge in [-0.15, -0.1) is 0 Å². The van der Waals surface area contributed by atoms with E-state index in [4.69, 9.17) is 77.0 Å². The molecule has 36 heteroatoms. The van der Waals surface area contributed by atoms with Gasteiger partial charge in [-0.3, -0.25) is 57.5 Å². The number of Topliss-reactive ketones (excluding diaryl/α,β-unsaturated/α-hetero) is 6. The maximum absolute atomic E-state index is 13.9. The first-order valence-corrected chi connectivity index (χ1v) is 42.3. The molecule has 0 spiro atoms. The van der Waals surface area contributed by atoms with Crippen LogP contribution in [0.4, 0.5) is 8.78 Å². The van der Waals surface area contributed by atoms with Crippen LogP contribution in [0.2, 0.25) is 20.1 Å². The molecule has 12 aromatic rings. The normalized spacial score (nSPS) is 10.2. The number of carboxylic acids is 6. The van der Waals surface area contributed by atoms with E-state index in [1.165, 1.54) is 151 Å². The molecule has 708 valence electrons. The van der Waals surface area contributed by atoms with Crippen LogP contribution in [-0.2, 0) is 39.3 Å². The number of carbonyl (C=O) groups is 18. The van der Waals surface area contributed by atoms with Gasteiger partial charge >= 0.3 is 35.8 Å². The Hall–Kier alpha value is -16.7. The van der Waals surface area contributed by atoms with Gasteiger partial charge in [-0.25, -0.2) is 37.5 Å². The highest BCUT2D eigenvalue weighted by molar-refractivity contribution is 6.36. The average molecular weight is 1960 g/mol. The highest BCUT2D eigenvalue weighted by Gasteiger charge is 2.25. The van der Waals surface area contributed by atoms with Crippen LogP contribution in [-0.4, -0.2) is 137 Å². The van der Waals surface area contributed by atoms with Gasteiger partial charge in [-0.2, -0.15) is 0 Å². The van der Waals surface area contributed by atoms with Crippen LogP contribution in [0.1, 0.15) is 261 Å². The fourth-order valence-corrected chi connectivity index (χ4v) is 13.5. The Balaban J connectivity index is 0.000000225. The van der Waals surface area contributed by atoms with Crippen molar-refractivity contribution in [3.05, 3.63) is 420 Å². The van der Waals surface area contributed by atoms with Crippen molar-refractivity contribution in [2.75, 3.05) is 0 Å². The predicted octanol–water partition coefficient (Wildman–Crippen LogP) is 18.0. The maximum Gasteiger partial charge on any atom is 0.335 e. The number of amides is 6. The van der Waals surface area contributed by atoms with Crippen LogP contribution in [0.5, 0.6) is 0 Å². The molecule has 12 rings (SSSR count). The Morgan fingerprint density at radius 1 is 0.232 bits per heavy atom. The van der Waals surface area contributed by atoms with Gasteiger partial charge in [0.05, 0.1) is 76.8 Å². The zero-order valence-corrected chi connectivity index (χ0v) is 76.8. The molecule has 0 atom stereocenters. The lowest BCUT2D eigenvalue weighted by molar-refractivity contribution is 0.0686. The number of ketones is 6. The van der Waals surface area contributed by atoms with Gasteiger partial charge in [-0.05, 0) is 214 Å². The zero-order valence-electron chi connectivity index (χ0n) is 73.8. The molecule has 0 radical (unpaired) electrons. The van der Waals surface area contributed by atoms with Crippen molar-refractivity contribution in [1.82, 2.24) is 31.9 Å². The average Bonchev–Trinajstić information content (AvgIpc) is 0.830. The predicted molar refractivity (Wildman–Crippen MR) is 506 cm³/mol. The van der Waals surface area contributed by atoms with Gasteiger partial charge in [-0.1, -0.05) is 162 Å². The van der Waals surface area contributed by atoms with Crippen molar-refractivity contribution < 1.29 is 126 Å². The minimum atomic E-state index is -1.07. The molecule has 12 N–H and O–H groups in total. The van der Waals surface area contributed by atoms with Gasteiger partial charge < -0.3 is 62.5 Å². The third kappa shape index (κ3) is 32.3. The molecule has 0 bridgehead atoms. The number of hydrogen-bond acceptors (Lipinski definition) is 18. The molecule has 0 saturated carbocycles. The second-order valence-corrected chi connectivity index (χ2v) is 31.1. The smallest absolute Gasteiger partial charge is 0.335 e. The third-order valence-electron chi connectivity index (χ3n) is 19.6. The summed E-state index contributed by atoms with van der Waals surface area (Å²) in [5.74, 6) is -12.2. The van der Waals surface area contributed by atoms with Crippen LogP contribution in [0.25, 0.3) is 0 Å². The monoisotopic (exact) mass is 1950 g/mol. The number of aromatic carboxylic acids is 6. The number of nitrogens with one attached hydrogen (secondary N) is 6. The molecule has 0 aliphatic rings. The SMILES string of the molecule is CC(=O)c1c(Cl)cccc1C(=O)NCc1ccc(C(=O)O)cc1.CC(=O)c1cc(F)ccc1C(=O)NCc1ccc(C(=O)O)cc1.CC(=O)c1ccc(Cl)cc1C(=O)NCc1ccc(C(=O)O)cc1.CC(=O)c1cccc(Cl)c1C(=O)NCc1ccc(C(=O)O)cc1.CC(=O)c1cccc(F)c1C(=O)NCc1ccc(C(=O)O)cc1.CC(=O)c1ccccc1C(=O)NCc1ccc(C(=O)O)cc1Cl. The molecule has 0 saturated heterocycles. The quantitative estimate of drug-likeness (QED) is 0.0186. The molecule has 0 aromatic heterocycles. The Labute approximate surface area is 806 Å². The topological polar surface area (TPSA) is 501 Å². The molecule has 0 aliphatic carbocycles. The summed E-state index contributed by atoms with van der Waals surface area (Å²) >= 11 is 23.9. The molecular formula is C102H84Cl4F2N6O24. The molecule has 30 nitrogen and oxygen atoms in total. The molecule has 0 heterocycles. The fraction of sp³-hybridized carbons (Fsp3) is 0.118. The summed E-state index contributed by atoms with van der Waals surface area (Å²) in [5.41, 5.74) is 6.85. The first kappa shape index (κ1) is 108. The van der Waals surface area contributed by atoms with Crippen LogP contribution in [0, 0.1) is 11.6 Å². The van der Waals surface area contributed by atoms with E-state index < -0.39 is 94.5 Å². The lowest BCUT2D eigenvalue weighted by atomic mass is 10.0. The lowest BCUT2D eigenvalue weighted by Gasteiger charge is -2.10. The first-order chi connectivity index (χ1) is 65.3. The molecule has 0 fully saturated rings. The zero-order chi connectivity index (χ0) is 102. The lowest BCUT2D eigenvalue weighted by Crippen LogP contribution is -2.26.